The lowest BCUT2D eigenvalue weighted by Crippen LogP contribution is -2.32. The quantitative estimate of drug-likeness (QED) is 0.307. The van der Waals surface area contributed by atoms with Crippen LogP contribution in [0.3, 0.4) is 0 Å². The smallest absolute Gasteiger partial charge is 0.250 e. The van der Waals surface area contributed by atoms with Crippen molar-refractivity contribution in [2.45, 2.75) is 32.6 Å². The van der Waals surface area contributed by atoms with Crippen molar-refractivity contribution in [2.24, 2.45) is 0 Å². The molecule has 0 atom stereocenters. The molecule has 0 aromatic heterocycles. The van der Waals surface area contributed by atoms with Crippen molar-refractivity contribution in [1.29, 1.82) is 0 Å². The number of thiocarbonyl (C=S) groups is 1. The molecule has 2 aromatic carbocycles. The predicted octanol–water partition coefficient (Wildman–Crippen LogP) is 5.83. The summed E-state index contributed by atoms with van der Waals surface area (Å²) in [6.07, 6.45) is 7.68. The van der Waals surface area contributed by atoms with Gasteiger partial charge in [-0.05, 0) is 48.5 Å². The van der Waals surface area contributed by atoms with E-state index in [4.69, 9.17) is 28.6 Å². The van der Waals surface area contributed by atoms with E-state index in [-0.39, 0.29) is 11.0 Å². The molecule has 0 bridgehead atoms. The standard InChI is InChI=1S/C22H25ClN2O2S/c1-2-3-4-7-15-27-19-11-8-10-18(16-19)24-22(28)25-21(26)14-13-17-9-5-6-12-20(17)23/h5-6,8-14,16H,2-4,7,15H2,1H3,(H2,24,25,26,28)/b14-13+. The van der Waals surface area contributed by atoms with Crippen LogP contribution in [-0.4, -0.2) is 17.6 Å². The van der Waals surface area contributed by atoms with Gasteiger partial charge in [0.15, 0.2) is 5.11 Å². The molecule has 0 saturated carbocycles. The Hall–Kier alpha value is -2.37. The number of benzene rings is 2. The van der Waals surface area contributed by atoms with Crippen LogP contribution in [0.15, 0.2) is 54.6 Å². The minimum absolute atomic E-state index is 0.217. The highest BCUT2D eigenvalue weighted by Gasteiger charge is 2.04. The molecular formula is C22H25ClN2O2S. The summed E-state index contributed by atoms with van der Waals surface area (Å²) >= 11 is 11.3. The number of unbranched alkanes of at least 4 members (excludes halogenated alkanes) is 3. The predicted molar refractivity (Wildman–Crippen MR) is 121 cm³/mol. The normalized spacial score (nSPS) is 10.6. The Kier molecular flexibility index (Phi) is 9.52. The lowest BCUT2D eigenvalue weighted by Gasteiger charge is -2.11. The number of anilines is 1. The number of halogens is 1. The van der Waals surface area contributed by atoms with Crippen LogP contribution in [-0.2, 0) is 4.79 Å². The third-order valence-electron chi connectivity index (χ3n) is 3.91. The zero-order chi connectivity index (χ0) is 20.2. The van der Waals surface area contributed by atoms with Crippen molar-refractivity contribution in [2.75, 3.05) is 11.9 Å². The van der Waals surface area contributed by atoms with Crippen molar-refractivity contribution in [3.05, 3.63) is 65.2 Å². The maximum atomic E-state index is 12.0. The van der Waals surface area contributed by atoms with Gasteiger partial charge in [0.25, 0.3) is 0 Å². The molecule has 6 heteroatoms. The molecule has 0 aliphatic rings. The monoisotopic (exact) mass is 416 g/mol. The van der Waals surface area contributed by atoms with E-state index in [9.17, 15) is 4.79 Å². The molecule has 0 unspecified atom stereocenters. The summed E-state index contributed by atoms with van der Waals surface area (Å²) in [6, 6.07) is 14.8. The highest BCUT2D eigenvalue weighted by atomic mass is 35.5. The van der Waals surface area contributed by atoms with E-state index in [0.717, 1.165) is 23.4 Å². The summed E-state index contributed by atoms with van der Waals surface area (Å²) in [6.45, 7) is 2.88. The Bertz CT molecular complexity index is 824. The first-order chi connectivity index (χ1) is 13.6. The van der Waals surface area contributed by atoms with Gasteiger partial charge in [0, 0.05) is 22.9 Å². The Morgan fingerprint density at radius 2 is 1.96 bits per heavy atom. The molecule has 1 amide bonds. The topological polar surface area (TPSA) is 50.4 Å². The van der Waals surface area contributed by atoms with Gasteiger partial charge >= 0.3 is 0 Å². The second kappa shape index (κ2) is 12.2. The minimum Gasteiger partial charge on any atom is -0.494 e. The number of rotatable bonds is 9. The third-order valence-corrected chi connectivity index (χ3v) is 4.46. The van der Waals surface area contributed by atoms with Gasteiger partial charge in [0.05, 0.1) is 6.61 Å². The first kappa shape index (κ1) is 21.9. The summed E-state index contributed by atoms with van der Waals surface area (Å²) in [7, 11) is 0. The van der Waals surface area contributed by atoms with Crippen molar-refractivity contribution in [3.63, 3.8) is 0 Å². The zero-order valence-corrected chi connectivity index (χ0v) is 17.5. The maximum absolute atomic E-state index is 12.0. The van der Waals surface area contributed by atoms with Crippen molar-refractivity contribution in [3.8, 4) is 5.75 Å². The molecule has 148 valence electrons. The fourth-order valence-electron chi connectivity index (χ4n) is 2.47. The van der Waals surface area contributed by atoms with Crippen LogP contribution >= 0.6 is 23.8 Å². The average Bonchev–Trinajstić information content (AvgIpc) is 2.67. The van der Waals surface area contributed by atoms with E-state index < -0.39 is 0 Å². The summed E-state index contributed by atoms with van der Waals surface area (Å²) in [4.78, 5) is 12.0. The van der Waals surface area contributed by atoms with E-state index in [0.29, 0.717) is 11.6 Å². The number of nitrogens with one attached hydrogen (secondary N) is 2. The van der Waals surface area contributed by atoms with Gasteiger partial charge in [-0.15, -0.1) is 0 Å². The summed E-state index contributed by atoms with van der Waals surface area (Å²) in [5.74, 6) is 0.440. The summed E-state index contributed by atoms with van der Waals surface area (Å²) in [5, 5.41) is 6.41. The zero-order valence-electron chi connectivity index (χ0n) is 15.9. The van der Waals surface area contributed by atoms with Gasteiger partial charge in [-0.25, -0.2) is 0 Å². The van der Waals surface area contributed by atoms with Crippen LogP contribution in [0, 0.1) is 0 Å². The molecule has 0 aliphatic heterocycles. The van der Waals surface area contributed by atoms with E-state index >= 15 is 0 Å². The van der Waals surface area contributed by atoms with Crippen LogP contribution in [0.4, 0.5) is 5.69 Å². The lowest BCUT2D eigenvalue weighted by molar-refractivity contribution is -0.115. The molecule has 2 aromatic rings. The summed E-state index contributed by atoms with van der Waals surface area (Å²) in [5.41, 5.74) is 1.52. The Morgan fingerprint density at radius 1 is 1.14 bits per heavy atom. The van der Waals surface area contributed by atoms with E-state index in [1.165, 1.54) is 25.3 Å². The fraction of sp³-hybridized carbons (Fsp3) is 0.273. The number of carbonyl (C=O) groups excluding carboxylic acids is 1. The van der Waals surface area contributed by atoms with Crippen molar-refractivity contribution in [1.82, 2.24) is 5.32 Å². The summed E-state index contributed by atoms with van der Waals surface area (Å²) < 4.78 is 5.76. The van der Waals surface area contributed by atoms with Crippen LogP contribution in [0.5, 0.6) is 5.75 Å². The molecule has 0 heterocycles. The number of hydrogen-bond acceptors (Lipinski definition) is 3. The van der Waals surface area contributed by atoms with Crippen molar-refractivity contribution >= 4 is 46.6 Å². The molecule has 4 nitrogen and oxygen atoms in total. The second-order valence-electron chi connectivity index (χ2n) is 6.24. The van der Waals surface area contributed by atoms with Crippen LogP contribution in [0.1, 0.15) is 38.2 Å². The first-order valence-electron chi connectivity index (χ1n) is 9.36. The highest BCUT2D eigenvalue weighted by molar-refractivity contribution is 7.80. The first-order valence-corrected chi connectivity index (χ1v) is 10.1. The SMILES string of the molecule is CCCCCCOc1cccc(NC(=S)NC(=O)/C=C/c2ccccc2Cl)c1. The third kappa shape index (κ3) is 8.11. The van der Waals surface area contributed by atoms with Gasteiger partial charge in [0.1, 0.15) is 5.75 Å². The van der Waals surface area contributed by atoms with Crippen LogP contribution < -0.4 is 15.4 Å². The molecule has 2 N–H and O–H groups in total. The Labute approximate surface area is 176 Å². The second-order valence-corrected chi connectivity index (χ2v) is 7.05. The number of hydrogen-bond donors (Lipinski definition) is 2. The Morgan fingerprint density at radius 3 is 2.75 bits per heavy atom. The molecule has 0 radical (unpaired) electrons. The van der Waals surface area contributed by atoms with E-state index in [1.807, 2.05) is 42.5 Å². The molecule has 0 spiro atoms. The van der Waals surface area contributed by atoms with Crippen molar-refractivity contribution < 1.29 is 9.53 Å². The van der Waals surface area contributed by atoms with Gasteiger partial charge in [-0.3, -0.25) is 10.1 Å². The van der Waals surface area contributed by atoms with Gasteiger partial charge in [-0.1, -0.05) is 62.1 Å². The van der Waals surface area contributed by atoms with E-state index in [1.54, 1.807) is 12.1 Å². The number of carbonyl (C=O) groups is 1. The van der Waals surface area contributed by atoms with Gasteiger partial charge in [-0.2, -0.15) is 0 Å². The Balaban J connectivity index is 1.81. The molecule has 28 heavy (non-hydrogen) atoms. The molecular weight excluding hydrogens is 392 g/mol. The molecule has 2 rings (SSSR count). The minimum atomic E-state index is -0.333. The highest BCUT2D eigenvalue weighted by Crippen LogP contribution is 2.18. The van der Waals surface area contributed by atoms with E-state index in [2.05, 4.69) is 17.6 Å². The van der Waals surface area contributed by atoms with Crippen LogP contribution in [0.2, 0.25) is 5.02 Å². The van der Waals surface area contributed by atoms with Gasteiger partial charge in [0.2, 0.25) is 5.91 Å². The molecule has 0 fully saturated rings. The fourth-order valence-corrected chi connectivity index (χ4v) is 2.89. The number of ether oxygens (including phenoxy) is 1. The lowest BCUT2D eigenvalue weighted by atomic mass is 10.2. The largest absolute Gasteiger partial charge is 0.494 e. The molecule has 0 saturated heterocycles. The maximum Gasteiger partial charge on any atom is 0.250 e. The molecule has 0 aliphatic carbocycles. The number of amides is 1. The van der Waals surface area contributed by atoms with Gasteiger partial charge < -0.3 is 10.1 Å². The van der Waals surface area contributed by atoms with Crippen LogP contribution in [0.25, 0.3) is 6.08 Å². The average molecular weight is 417 g/mol.